The number of nitrogens with two attached hydrogens (primary N) is 1. The summed E-state index contributed by atoms with van der Waals surface area (Å²) in [6.07, 6.45) is 1.10. The fourth-order valence-corrected chi connectivity index (χ4v) is 2.06. The summed E-state index contributed by atoms with van der Waals surface area (Å²) >= 11 is 4.85. The Morgan fingerprint density at radius 3 is 2.61 bits per heavy atom. The molecule has 0 saturated carbocycles. The third-order valence-corrected chi connectivity index (χ3v) is 3.14. The first kappa shape index (κ1) is 15.1. The Bertz CT molecular complexity index is 418. The van der Waals surface area contributed by atoms with Crippen molar-refractivity contribution in [2.45, 2.75) is 39.8 Å². The van der Waals surface area contributed by atoms with Crippen molar-refractivity contribution in [1.29, 1.82) is 0 Å². The Balaban J connectivity index is 2.89. The second-order valence-electron chi connectivity index (χ2n) is 4.74. The maximum absolute atomic E-state index is 13.5. The van der Waals surface area contributed by atoms with Gasteiger partial charge in [-0.25, -0.2) is 4.39 Å². The number of hydrogen-bond donors (Lipinski definition) is 1. The van der Waals surface area contributed by atoms with E-state index in [0.29, 0.717) is 11.6 Å². The zero-order chi connectivity index (χ0) is 13.7. The van der Waals surface area contributed by atoms with Crippen molar-refractivity contribution in [1.82, 2.24) is 4.90 Å². The van der Waals surface area contributed by atoms with Gasteiger partial charge < -0.3 is 5.73 Å². The summed E-state index contributed by atoms with van der Waals surface area (Å²) in [5, 5.41) is 0. The van der Waals surface area contributed by atoms with Crippen LogP contribution in [0.2, 0.25) is 0 Å². The van der Waals surface area contributed by atoms with Crippen molar-refractivity contribution in [3.05, 3.63) is 35.1 Å². The van der Waals surface area contributed by atoms with Gasteiger partial charge in [0.15, 0.2) is 0 Å². The van der Waals surface area contributed by atoms with Gasteiger partial charge in [0, 0.05) is 18.2 Å². The van der Waals surface area contributed by atoms with Crippen molar-refractivity contribution in [3.8, 4) is 0 Å². The molecule has 2 nitrogen and oxygen atoms in total. The average Bonchev–Trinajstić information content (AvgIpc) is 2.30. The highest BCUT2D eigenvalue weighted by Crippen LogP contribution is 2.14. The number of benzene rings is 1. The van der Waals surface area contributed by atoms with Crippen LogP contribution in [0, 0.1) is 5.82 Å². The van der Waals surface area contributed by atoms with Crippen LogP contribution in [0.25, 0.3) is 0 Å². The minimum absolute atomic E-state index is 0.112. The van der Waals surface area contributed by atoms with Gasteiger partial charge in [0.1, 0.15) is 10.8 Å². The number of nitrogens with zero attached hydrogens (tertiary/aromatic N) is 1. The number of thiocarbonyl (C=S) groups is 1. The summed E-state index contributed by atoms with van der Waals surface area (Å²) in [4.78, 5) is 2.46. The molecule has 2 N–H and O–H groups in total. The molecule has 0 bridgehead atoms. The Kier molecular flexibility index (Phi) is 5.69. The van der Waals surface area contributed by atoms with Crippen molar-refractivity contribution < 1.29 is 4.39 Å². The molecule has 1 aromatic rings. The van der Waals surface area contributed by atoms with Crippen molar-refractivity contribution in [2.75, 3.05) is 6.54 Å². The first-order valence-corrected chi connectivity index (χ1v) is 6.68. The van der Waals surface area contributed by atoms with E-state index in [2.05, 4.69) is 25.7 Å². The lowest BCUT2D eigenvalue weighted by molar-refractivity contribution is 0.213. The van der Waals surface area contributed by atoms with Crippen LogP contribution in [0.3, 0.4) is 0 Å². The molecule has 0 aliphatic heterocycles. The predicted octanol–water partition coefficient (Wildman–Crippen LogP) is 3.08. The van der Waals surface area contributed by atoms with Gasteiger partial charge in [-0.3, -0.25) is 4.90 Å². The van der Waals surface area contributed by atoms with E-state index in [9.17, 15) is 4.39 Å². The Morgan fingerprint density at radius 1 is 1.44 bits per heavy atom. The van der Waals surface area contributed by atoms with Gasteiger partial charge in [-0.05, 0) is 44.5 Å². The molecule has 0 aliphatic carbocycles. The molecule has 0 aromatic heterocycles. The van der Waals surface area contributed by atoms with E-state index in [1.807, 2.05) is 0 Å². The van der Waals surface area contributed by atoms with E-state index in [4.69, 9.17) is 18.0 Å². The van der Waals surface area contributed by atoms with Crippen molar-refractivity contribution in [2.24, 2.45) is 5.73 Å². The van der Waals surface area contributed by atoms with Gasteiger partial charge in [-0.15, -0.1) is 0 Å². The van der Waals surface area contributed by atoms with Crippen LogP contribution in [0.15, 0.2) is 18.2 Å². The summed E-state index contributed by atoms with van der Waals surface area (Å²) in [6.45, 7) is 8.29. The first-order valence-electron chi connectivity index (χ1n) is 6.28. The minimum Gasteiger partial charge on any atom is -0.389 e. The zero-order valence-corrected chi connectivity index (χ0v) is 12.1. The largest absolute Gasteiger partial charge is 0.389 e. The fraction of sp³-hybridized carbons (Fsp3) is 0.500. The molecule has 0 spiro atoms. The highest BCUT2D eigenvalue weighted by Gasteiger charge is 2.11. The molecule has 0 heterocycles. The molecule has 1 rings (SSSR count). The molecule has 0 fully saturated rings. The maximum Gasteiger partial charge on any atom is 0.133 e. The summed E-state index contributed by atoms with van der Waals surface area (Å²) < 4.78 is 13.5. The standard InChI is InChI=1S/C14H21FN2S/c1-4-7-17(10(2)3)9-11-5-6-13(15)12(8-11)14(16)18/h5-6,8,10H,4,7,9H2,1-3H3,(H2,16,18). The normalized spacial score (nSPS) is 11.2. The summed E-state index contributed by atoms with van der Waals surface area (Å²) in [5.74, 6) is -0.349. The second kappa shape index (κ2) is 6.81. The molecule has 100 valence electrons. The molecule has 0 saturated heterocycles. The van der Waals surface area contributed by atoms with Crippen LogP contribution in [0.4, 0.5) is 4.39 Å². The van der Waals surface area contributed by atoms with Crippen LogP contribution in [-0.4, -0.2) is 22.5 Å². The molecular weight excluding hydrogens is 247 g/mol. The molecular formula is C14H21FN2S. The van der Waals surface area contributed by atoms with E-state index in [0.717, 1.165) is 25.1 Å². The number of hydrogen-bond acceptors (Lipinski definition) is 2. The van der Waals surface area contributed by atoms with E-state index in [1.54, 1.807) is 12.1 Å². The molecule has 0 amide bonds. The smallest absolute Gasteiger partial charge is 0.133 e. The molecule has 4 heteroatoms. The summed E-state index contributed by atoms with van der Waals surface area (Å²) in [5.41, 5.74) is 6.89. The van der Waals surface area contributed by atoms with Crippen LogP contribution in [0.1, 0.15) is 38.3 Å². The lowest BCUT2D eigenvalue weighted by Crippen LogP contribution is -2.31. The lowest BCUT2D eigenvalue weighted by Gasteiger charge is -2.26. The number of rotatable bonds is 6. The number of halogens is 1. The van der Waals surface area contributed by atoms with Crippen LogP contribution in [0.5, 0.6) is 0 Å². The topological polar surface area (TPSA) is 29.3 Å². The lowest BCUT2D eigenvalue weighted by atomic mass is 10.1. The van der Waals surface area contributed by atoms with Gasteiger partial charge in [0.25, 0.3) is 0 Å². The minimum atomic E-state index is -0.349. The van der Waals surface area contributed by atoms with Gasteiger partial charge in [0.2, 0.25) is 0 Å². The quantitative estimate of drug-likeness (QED) is 0.804. The van der Waals surface area contributed by atoms with Crippen LogP contribution >= 0.6 is 12.2 Å². The second-order valence-corrected chi connectivity index (χ2v) is 5.18. The van der Waals surface area contributed by atoms with Crippen molar-refractivity contribution in [3.63, 3.8) is 0 Å². The third kappa shape index (κ3) is 4.03. The first-order chi connectivity index (χ1) is 8.45. The van der Waals surface area contributed by atoms with E-state index in [-0.39, 0.29) is 10.8 Å². The maximum atomic E-state index is 13.5. The monoisotopic (exact) mass is 268 g/mol. The molecule has 18 heavy (non-hydrogen) atoms. The zero-order valence-electron chi connectivity index (χ0n) is 11.2. The molecule has 0 unspecified atom stereocenters. The third-order valence-electron chi connectivity index (χ3n) is 2.92. The summed E-state index contributed by atoms with van der Waals surface area (Å²) in [7, 11) is 0. The van der Waals surface area contributed by atoms with E-state index < -0.39 is 0 Å². The van der Waals surface area contributed by atoms with Crippen LogP contribution in [-0.2, 0) is 6.54 Å². The average molecular weight is 268 g/mol. The molecule has 0 atom stereocenters. The summed E-state index contributed by atoms with van der Waals surface area (Å²) in [6, 6.07) is 5.45. The molecule has 0 aliphatic rings. The van der Waals surface area contributed by atoms with Gasteiger partial charge in [0.05, 0.1) is 0 Å². The van der Waals surface area contributed by atoms with Gasteiger partial charge >= 0.3 is 0 Å². The highest BCUT2D eigenvalue weighted by molar-refractivity contribution is 7.80. The van der Waals surface area contributed by atoms with E-state index in [1.165, 1.54) is 6.07 Å². The van der Waals surface area contributed by atoms with Gasteiger partial charge in [-0.2, -0.15) is 0 Å². The van der Waals surface area contributed by atoms with Gasteiger partial charge in [-0.1, -0.05) is 25.2 Å². The predicted molar refractivity (Wildman–Crippen MR) is 78.1 cm³/mol. The Morgan fingerprint density at radius 2 is 2.11 bits per heavy atom. The van der Waals surface area contributed by atoms with Crippen molar-refractivity contribution >= 4 is 17.2 Å². The SMILES string of the molecule is CCCN(Cc1ccc(F)c(C(N)=S)c1)C(C)C. The molecule has 1 aromatic carbocycles. The fourth-order valence-electron chi connectivity index (χ4n) is 1.90. The highest BCUT2D eigenvalue weighted by atomic mass is 32.1. The van der Waals surface area contributed by atoms with E-state index >= 15 is 0 Å². The molecule has 0 radical (unpaired) electrons. The Labute approximate surface area is 114 Å². The van der Waals surface area contributed by atoms with Crippen LogP contribution < -0.4 is 5.73 Å². The Hall–Kier alpha value is -1.00.